The molecule has 0 aliphatic heterocycles. The Morgan fingerprint density at radius 2 is 1.41 bits per heavy atom. The number of unbranched alkanes of at least 4 members (excludes halogenated alkanes) is 4. The molecular formula is C23H38FNO2. The summed E-state index contributed by atoms with van der Waals surface area (Å²) in [5, 5.41) is 11.5. The number of rotatable bonds is 17. The van der Waals surface area contributed by atoms with Crippen LogP contribution in [0.5, 0.6) is 0 Å². The summed E-state index contributed by atoms with van der Waals surface area (Å²) in [6.07, 6.45) is 26.3. The number of alkyl halides is 1. The van der Waals surface area contributed by atoms with E-state index in [2.05, 4.69) is 60.8 Å². The average molecular weight is 380 g/mol. The molecule has 0 aliphatic carbocycles. The summed E-state index contributed by atoms with van der Waals surface area (Å²) < 4.78 is 12.0. The molecule has 0 spiro atoms. The van der Waals surface area contributed by atoms with Crippen molar-refractivity contribution in [1.29, 1.82) is 0 Å². The molecule has 3 nitrogen and oxygen atoms in total. The van der Waals surface area contributed by atoms with Crippen LogP contribution >= 0.6 is 0 Å². The van der Waals surface area contributed by atoms with Gasteiger partial charge in [0.05, 0.1) is 6.10 Å². The van der Waals surface area contributed by atoms with Gasteiger partial charge >= 0.3 is 0 Å². The van der Waals surface area contributed by atoms with Crippen LogP contribution in [0.3, 0.4) is 0 Å². The minimum atomic E-state index is -1.09. The molecule has 4 heteroatoms. The lowest BCUT2D eigenvalue weighted by atomic mass is 10.2. The summed E-state index contributed by atoms with van der Waals surface area (Å²) in [5.74, 6) is -0.140. The predicted molar refractivity (Wildman–Crippen MR) is 113 cm³/mol. The molecule has 0 unspecified atom stereocenters. The van der Waals surface area contributed by atoms with Crippen molar-refractivity contribution in [2.75, 3.05) is 13.2 Å². The number of amides is 1. The number of nitrogens with one attached hydrogen (secondary N) is 1. The van der Waals surface area contributed by atoms with Crippen LogP contribution in [0.4, 0.5) is 4.39 Å². The third kappa shape index (κ3) is 20.5. The molecular weight excluding hydrogens is 341 g/mol. The van der Waals surface area contributed by atoms with E-state index < -0.39 is 12.8 Å². The summed E-state index contributed by atoms with van der Waals surface area (Å²) in [4.78, 5) is 11.4. The summed E-state index contributed by atoms with van der Waals surface area (Å²) in [6.45, 7) is 1.38. The van der Waals surface area contributed by atoms with Gasteiger partial charge in [-0.25, -0.2) is 4.39 Å². The molecule has 0 aromatic carbocycles. The highest BCUT2D eigenvalue weighted by Gasteiger charge is 2.05. The molecule has 0 aromatic heterocycles. The van der Waals surface area contributed by atoms with E-state index in [-0.39, 0.29) is 12.5 Å². The first-order chi connectivity index (χ1) is 13.2. The average Bonchev–Trinajstić information content (AvgIpc) is 2.68. The topological polar surface area (TPSA) is 49.3 Å². The fraction of sp³-hybridized carbons (Fsp3) is 0.609. The van der Waals surface area contributed by atoms with Crippen LogP contribution in [0.1, 0.15) is 71.1 Å². The van der Waals surface area contributed by atoms with Crippen molar-refractivity contribution in [3.05, 3.63) is 48.6 Å². The summed E-state index contributed by atoms with van der Waals surface area (Å²) in [6, 6.07) is 0. The Hall–Kier alpha value is -1.68. The number of aliphatic hydroxyl groups excluding tert-OH is 1. The zero-order valence-corrected chi connectivity index (χ0v) is 16.9. The van der Waals surface area contributed by atoms with Crippen LogP contribution in [-0.2, 0) is 4.79 Å². The molecule has 0 saturated carbocycles. The Bertz CT molecular complexity index is 455. The Labute approximate surface area is 165 Å². The smallest absolute Gasteiger partial charge is 0.220 e. The Kier molecular flexibility index (Phi) is 19.3. The highest BCUT2D eigenvalue weighted by atomic mass is 19.1. The Morgan fingerprint density at radius 3 is 1.93 bits per heavy atom. The molecule has 0 bridgehead atoms. The summed E-state index contributed by atoms with van der Waals surface area (Å²) >= 11 is 0. The molecule has 27 heavy (non-hydrogen) atoms. The van der Waals surface area contributed by atoms with E-state index in [1.807, 2.05) is 0 Å². The predicted octanol–water partition coefficient (Wildman–Crippen LogP) is 5.58. The van der Waals surface area contributed by atoms with Gasteiger partial charge in [-0.1, -0.05) is 68.4 Å². The zero-order valence-electron chi connectivity index (χ0n) is 16.9. The number of hydrogen-bond donors (Lipinski definition) is 2. The normalized spacial score (nSPS) is 13.4. The number of carbonyl (C=O) groups is 1. The number of halogens is 1. The van der Waals surface area contributed by atoms with Gasteiger partial charge in [0, 0.05) is 13.0 Å². The van der Waals surface area contributed by atoms with Crippen LogP contribution in [0.2, 0.25) is 0 Å². The van der Waals surface area contributed by atoms with Crippen molar-refractivity contribution in [3.8, 4) is 0 Å². The van der Waals surface area contributed by atoms with Gasteiger partial charge in [-0.3, -0.25) is 4.79 Å². The lowest BCUT2D eigenvalue weighted by molar-refractivity contribution is -0.121. The second-order valence-electron chi connectivity index (χ2n) is 6.59. The van der Waals surface area contributed by atoms with Gasteiger partial charge in [0.2, 0.25) is 5.91 Å². The van der Waals surface area contributed by atoms with Crippen LogP contribution in [0, 0.1) is 0 Å². The molecule has 1 atom stereocenters. The van der Waals surface area contributed by atoms with E-state index in [0.717, 1.165) is 32.1 Å². The summed E-state index contributed by atoms with van der Waals surface area (Å²) in [7, 11) is 0. The molecule has 1 amide bonds. The third-order valence-corrected chi connectivity index (χ3v) is 3.95. The molecule has 154 valence electrons. The van der Waals surface area contributed by atoms with Gasteiger partial charge in [-0.2, -0.15) is 0 Å². The van der Waals surface area contributed by atoms with Gasteiger partial charge in [0.15, 0.2) is 0 Å². The summed E-state index contributed by atoms with van der Waals surface area (Å²) in [5.41, 5.74) is 0. The monoisotopic (exact) mass is 379 g/mol. The first-order valence-electron chi connectivity index (χ1n) is 10.3. The highest BCUT2D eigenvalue weighted by Crippen LogP contribution is 2.01. The molecule has 0 heterocycles. The molecule has 0 radical (unpaired) electrons. The van der Waals surface area contributed by atoms with Crippen molar-refractivity contribution in [3.63, 3.8) is 0 Å². The fourth-order valence-corrected chi connectivity index (χ4v) is 2.32. The molecule has 2 N–H and O–H groups in total. The number of aliphatic hydroxyl groups is 1. The number of hydrogen-bond acceptors (Lipinski definition) is 2. The van der Waals surface area contributed by atoms with E-state index in [4.69, 9.17) is 5.11 Å². The minimum Gasteiger partial charge on any atom is -0.389 e. The number of carbonyl (C=O) groups excluding carboxylic acids is 1. The number of allylic oxidation sites excluding steroid dienone is 8. The maximum atomic E-state index is 12.0. The van der Waals surface area contributed by atoms with Crippen LogP contribution in [-0.4, -0.2) is 30.3 Å². The van der Waals surface area contributed by atoms with Gasteiger partial charge < -0.3 is 10.4 Å². The maximum absolute atomic E-state index is 12.0. The van der Waals surface area contributed by atoms with Crippen molar-refractivity contribution in [2.45, 2.75) is 77.2 Å². The minimum absolute atomic E-state index is 0.0142. The van der Waals surface area contributed by atoms with E-state index in [1.165, 1.54) is 25.7 Å². The van der Waals surface area contributed by atoms with E-state index in [0.29, 0.717) is 6.42 Å². The van der Waals surface area contributed by atoms with Crippen molar-refractivity contribution in [1.82, 2.24) is 5.32 Å². The van der Waals surface area contributed by atoms with Crippen molar-refractivity contribution < 1.29 is 14.3 Å². The zero-order chi connectivity index (χ0) is 20.0. The highest BCUT2D eigenvalue weighted by molar-refractivity contribution is 5.75. The van der Waals surface area contributed by atoms with E-state index >= 15 is 0 Å². The van der Waals surface area contributed by atoms with Crippen LogP contribution in [0.25, 0.3) is 0 Å². The lowest BCUT2D eigenvalue weighted by Crippen LogP contribution is -2.32. The Morgan fingerprint density at radius 1 is 0.889 bits per heavy atom. The lowest BCUT2D eigenvalue weighted by Gasteiger charge is -2.07. The van der Waals surface area contributed by atoms with Crippen LogP contribution < -0.4 is 5.32 Å². The molecule has 0 aliphatic rings. The van der Waals surface area contributed by atoms with Crippen LogP contribution in [0.15, 0.2) is 48.6 Å². The molecule has 0 fully saturated rings. The maximum Gasteiger partial charge on any atom is 0.220 e. The van der Waals surface area contributed by atoms with E-state index in [9.17, 15) is 9.18 Å². The third-order valence-electron chi connectivity index (χ3n) is 3.95. The van der Waals surface area contributed by atoms with Gasteiger partial charge in [-0.05, 0) is 44.9 Å². The first kappa shape index (κ1) is 25.3. The Balaban J connectivity index is 3.49. The molecule has 0 rings (SSSR count). The van der Waals surface area contributed by atoms with Gasteiger partial charge in [0.25, 0.3) is 0 Å². The van der Waals surface area contributed by atoms with Crippen molar-refractivity contribution >= 4 is 5.91 Å². The quantitative estimate of drug-likeness (QED) is 0.256. The molecule has 0 saturated heterocycles. The second-order valence-corrected chi connectivity index (χ2v) is 6.59. The first-order valence-corrected chi connectivity index (χ1v) is 10.3. The fourth-order valence-electron chi connectivity index (χ4n) is 2.32. The largest absolute Gasteiger partial charge is 0.389 e. The standard InChI is InChI=1S/C23H38FNO2/c1-2-3-4-5-6-7-8-9-10-11-12-13-14-15-16-17-18-19-23(27)25-21-22(26)20-24/h6-7,9-10,12-13,15-16,22,26H,2-5,8,11,14,17-21H2,1H3,(H,25,27)/b7-6-,10-9-,13-12-,16-15-/t22-/m0/s1. The second kappa shape index (κ2) is 20.6. The van der Waals surface area contributed by atoms with Crippen molar-refractivity contribution in [2.24, 2.45) is 0 Å². The molecule has 0 aromatic rings. The SMILES string of the molecule is CCCCC/C=C\C/C=C\C/C=C\C/C=C\CCCC(=O)NC[C@@H](O)CF. The van der Waals surface area contributed by atoms with Gasteiger partial charge in [0.1, 0.15) is 6.67 Å². The van der Waals surface area contributed by atoms with E-state index in [1.54, 1.807) is 0 Å². The van der Waals surface area contributed by atoms with Gasteiger partial charge in [-0.15, -0.1) is 0 Å².